The molecule has 27 heavy (non-hydrogen) atoms. The summed E-state index contributed by atoms with van der Waals surface area (Å²) in [6.07, 6.45) is 0.567. The Morgan fingerprint density at radius 2 is 1.93 bits per heavy atom. The van der Waals surface area contributed by atoms with Crippen LogP contribution in [0.4, 0.5) is 16.2 Å². The molecule has 1 saturated heterocycles. The fraction of sp³-hybridized carbons (Fsp3) is 0.350. The number of hydrogen-bond donors (Lipinski definition) is 3. The number of anilines is 2. The van der Waals surface area contributed by atoms with Crippen LogP contribution in [0.5, 0.6) is 0 Å². The van der Waals surface area contributed by atoms with E-state index in [9.17, 15) is 9.90 Å². The minimum Gasteiger partial charge on any atom is -0.394 e. The minimum atomic E-state index is -0.358. The Morgan fingerprint density at radius 1 is 1.19 bits per heavy atom. The van der Waals surface area contributed by atoms with Crippen LogP contribution < -0.4 is 15.5 Å². The highest BCUT2D eigenvalue weighted by molar-refractivity contribution is 7.99. The molecule has 1 heterocycles. The Balaban J connectivity index is 1.57. The molecule has 0 aromatic heterocycles. The van der Waals surface area contributed by atoms with E-state index in [4.69, 9.17) is 11.6 Å². The zero-order valence-corrected chi connectivity index (χ0v) is 16.6. The molecule has 5 nitrogen and oxygen atoms in total. The van der Waals surface area contributed by atoms with Crippen molar-refractivity contribution in [2.75, 3.05) is 41.4 Å². The SMILES string of the molecule is O=C(Nc1ccc(N2CCSCC2)c(Cl)c1)NC(CO)Cc1ccccc1. The molecule has 3 N–H and O–H groups in total. The van der Waals surface area contributed by atoms with Crippen LogP contribution >= 0.6 is 23.4 Å². The first-order chi connectivity index (χ1) is 13.2. The van der Waals surface area contributed by atoms with E-state index in [-0.39, 0.29) is 18.7 Å². The third kappa shape index (κ3) is 5.79. The molecule has 2 aromatic carbocycles. The third-order valence-electron chi connectivity index (χ3n) is 4.44. The van der Waals surface area contributed by atoms with Crippen molar-refractivity contribution in [1.29, 1.82) is 0 Å². The molecule has 0 saturated carbocycles. The number of nitrogens with zero attached hydrogens (tertiary/aromatic N) is 1. The second-order valence-electron chi connectivity index (χ2n) is 6.43. The summed E-state index contributed by atoms with van der Waals surface area (Å²) in [6, 6.07) is 14.6. The van der Waals surface area contributed by atoms with Crippen LogP contribution in [0.15, 0.2) is 48.5 Å². The van der Waals surface area contributed by atoms with E-state index in [0.29, 0.717) is 17.1 Å². The van der Waals surface area contributed by atoms with Crippen molar-refractivity contribution in [2.45, 2.75) is 12.5 Å². The van der Waals surface area contributed by atoms with Gasteiger partial charge in [-0.1, -0.05) is 41.9 Å². The first-order valence-corrected chi connectivity index (χ1v) is 10.5. The highest BCUT2D eigenvalue weighted by Gasteiger charge is 2.16. The Kier molecular flexibility index (Phi) is 7.26. The summed E-state index contributed by atoms with van der Waals surface area (Å²) in [5.41, 5.74) is 2.69. The molecule has 1 fully saturated rings. The van der Waals surface area contributed by atoms with Crippen LogP contribution in [0.3, 0.4) is 0 Å². The maximum absolute atomic E-state index is 12.3. The van der Waals surface area contributed by atoms with Gasteiger partial charge in [0.25, 0.3) is 0 Å². The topological polar surface area (TPSA) is 64.6 Å². The number of carbonyl (C=O) groups is 1. The lowest BCUT2D eigenvalue weighted by molar-refractivity contribution is 0.224. The quantitative estimate of drug-likeness (QED) is 0.686. The summed E-state index contributed by atoms with van der Waals surface area (Å²) in [5.74, 6) is 2.20. The van der Waals surface area contributed by atoms with Crippen LogP contribution in [-0.2, 0) is 6.42 Å². The summed E-state index contributed by atoms with van der Waals surface area (Å²) < 4.78 is 0. The number of urea groups is 1. The monoisotopic (exact) mass is 405 g/mol. The van der Waals surface area contributed by atoms with Crippen LogP contribution in [-0.4, -0.2) is 48.4 Å². The first-order valence-electron chi connectivity index (χ1n) is 9.00. The van der Waals surface area contributed by atoms with Gasteiger partial charge >= 0.3 is 6.03 Å². The Labute approximate surface area is 169 Å². The van der Waals surface area contributed by atoms with Crippen molar-refractivity contribution in [3.8, 4) is 0 Å². The van der Waals surface area contributed by atoms with Gasteiger partial charge in [-0.2, -0.15) is 11.8 Å². The normalized spacial score (nSPS) is 15.3. The Bertz CT molecular complexity index is 754. The second kappa shape index (κ2) is 9.88. The molecular weight excluding hydrogens is 382 g/mol. The molecule has 1 unspecified atom stereocenters. The highest BCUT2D eigenvalue weighted by Crippen LogP contribution is 2.30. The van der Waals surface area contributed by atoms with Crippen molar-refractivity contribution in [2.24, 2.45) is 0 Å². The molecule has 1 aliphatic rings. The van der Waals surface area contributed by atoms with Crippen molar-refractivity contribution >= 4 is 40.8 Å². The van der Waals surface area contributed by atoms with Gasteiger partial charge in [0.2, 0.25) is 0 Å². The van der Waals surface area contributed by atoms with Gasteiger partial charge < -0.3 is 20.6 Å². The van der Waals surface area contributed by atoms with Gasteiger partial charge in [-0.15, -0.1) is 0 Å². The average molecular weight is 406 g/mol. The summed E-state index contributed by atoms with van der Waals surface area (Å²) in [6.45, 7) is 1.83. The number of thioether (sulfide) groups is 1. The number of hydrogen-bond acceptors (Lipinski definition) is 4. The van der Waals surface area contributed by atoms with Crippen LogP contribution in [0.1, 0.15) is 5.56 Å². The number of halogens is 1. The maximum atomic E-state index is 12.3. The second-order valence-corrected chi connectivity index (χ2v) is 8.07. The molecule has 3 rings (SSSR count). The van der Waals surface area contributed by atoms with E-state index in [1.54, 1.807) is 6.07 Å². The van der Waals surface area contributed by atoms with E-state index >= 15 is 0 Å². The van der Waals surface area contributed by atoms with E-state index in [0.717, 1.165) is 35.8 Å². The molecule has 1 atom stereocenters. The molecule has 0 bridgehead atoms. The van der Waals surface area contributed by atoms with Crippen LogP contribution in [0.2, 0.25) is 5.02 Å². The number of nitrogens with one attached hydrogen (secondary N) is 2. The van der Waals surface area contributed by atoms with Gasteiger partial charge in [-0.3, -0.25) is 0 Å². The summed E-state index contributed by atoms with van der Waals surface area (Å²) >= 11 is 8.37. The standard InChI is InChI=1S/C20H24ClN3O2S/c21-18-13-16(6-7-19(18)24-8-10-27-11-9-24)22-20(26)23-17(14-25)12-15-4-2-1-3-5-15/h1-7,13,17,25H,8-12,14H2,(H2,22,23,26). The van der Waals surface area contributed by atoms with Gasteiger partial charge in [0.1, 0.15) is 0 Å². The van der Waals surface area contributed by atoms with Crippen LogP contribution in [0, 0.1) is 0 Å². The smallest absolute Gasteiger partial charge is 0.319 e. The number of aliphatic hydroxyl groups excluding tert-OH is 1. The molecule has 0 radical (unpaired) electrons. The summed E-state index contributed by atoms with van der Waals surface area (Å²) in [5, 5.41) is 15.8. The number of carbonyl (C=O) groups excluding carboxylic acids is 1. The van der Waals surface area contributed by atoms with Crippen LogP contribution in [0.25, 0.3) is 0 Å². The zero-order valence-electron chi connectivity index (χ0n) is 15.0. The highest BCUT2D eigenvalue weighted by atomic mass is 35.5. The first kappa shape index (κ1) is 19.9. The van der Waals surface area contributed by atoms with Gasteiger partial charge in [0, 0.05) is 30.3 Å². The fourth-order valence-electron chi connectivity index (χ4n) is 3.06. The molecule has 7 heteroatoms. The Hall–Kier alpha value is -1.89. The lowest BCUT2D eigenvalue weighted by atomic mass is 10.1. The maximum Gasteiger partial charge on any atom is 0.319 e. The molecule has 2 amide bonds. The summed E-state index contributed by atoms with van der Waals surface area (Å²) in [7, 11) is 0. The van der Waals surface area contributed by atoms with E-state index in [1.807, 2.05) is 54.2 Å². The van der Waals surface area contributed by atoms with Gasteiger partial charge in [0.15, 0.2) is 0 Å². The molecule has 0 spiro atoms. The van der Waals surface area contributed by atoms with Crippen molar-refractivity contribution in [3.05, 3.63) is 59.1 Å². The minimum absolute atomic E-state index is 0.130. The van der Waals surface area contributed by atoms with Gasteiger partial charge in [0.05, 0.1) is 23.4 Å². The average Bonchev–Trinajstić information content (AvgIpc) is 2.69. The predicted molar refractivity (Wildman–Crippen MR) is 114 cm³/mol. The van der Waals surface area contributed by atoms with Crippen molar-refractivity contribution in [3.63, 3.8) is 0 Å². The number of aliphatic hydroxyl groups is 1. The zero-order chi connectivity index (χ0) is 19.1. The summed E-state index contributed by atoms with van der Waals surface area (Å²) in [4.78, 5) is 14.5. The molecular formula is C20H24ClN3O2S. The van der Waals surface area contributed by atoms with Crippen molar-refractivity contribution in [1.82, 2.24) is 5.32 Å². The van der Waals surface area contributed by atoms with Crippen molar-refractivity contribution < 1.29 is 9.90 Å². The molecule has 0 aliphatic carbocycles. The molecule has 2 aromatic rings. The van der Waals surface area contributed by atoms with E-state index in [1.165, 1.54) is 0 Å². The number of rotatable bonds is 6. The van der Waals surface area contributed by atoms with E-state index in [2.05, 4.69) is 15.5 Å². The lowest BCUT2D eigenvalue weighted by Crippen LogP contribution is -2.41. The third-order valence-corrected chi connectivity index (χ3v) is 5.68. The predicted octanol–water partition coefficient (Wildman–Crippen LogP) is 3.62. The lowest BCUT2D eigenvalue weighted by Gasteiger charge is -2.29. The van der Waals surface area contributed by atoms with Gasteiger partial charge in [-0.05, 0) is 30.2 Å². The number of benzene rings is 2. The molecule has 1 aliphatic heterocycles. The van der Waals surface area contributed by atoms with Gasteiger partial charge in [-0.25, -0.2) is 4.79 Å². The van der Waals surface area contributed by atoms with E-state index < -0.39 is 0 Å². The Morgan fingerprint density at radius 3 is 2.59 bits per heavy atom. The number of amides is 2. The fourth-order valence-corrected chi connectivity index (χ4v) is 4.26. The largest absolute Gasteiger partial charge is 0.394 e. The molecule has 144 valence electrons.